The number of rotatable bonds is 14. The second-order valence-electron chi connectivity index (χ2n) is 29.8. The van der Waals surface area contributed by atoms with Crippen molar-refractivity contribution in [2.45, 2.75) is 12.8 Å². The molecule has 3 heteroatoms. The van der Waals surface area contributed by atoms with Crippen LogP contribution in [0.5, 0.6) is 0 Å². The molecule has 2 aliphatic rings. The van der Waals surface area contributed by atoms with Gasteiger partial charge in [0.25, 0.3) is 0 Å². The van der Waals surface area contributed by atoms with Gasteiger partial charge in [0.05, 0.1) is 17.1 Å². The van der Waals surface area contributed by atoms with E-state index in [4.69, 9.17) is 0 Å². The van der Waals surface area contributed by atoms with Gasteiger partial charge in [-0.15, -0.1) is 22.7 Å². The van der Waals surface area contributed by atoms with Gasteiger partial charge in [-0.05, 0) is 194 Å². The van der Waals surface area contributed by atoms with E-state index in [2.05, 4.69) is 411 Å². The minimum atomic E-state index is 0.600. The number of hydrogen-bond donors (Lipinski definition) is 0. The van der Waals surface area contributed by atoms with Crippen molar-refractivity contribution in [1.29, 1.82) is 0 Å². The molecule has 2 aliphatic carbocycles. The molecule has 2 heterocycles. The van der Waals surface area contributed by atoms with E-state index in [1.165, 1.54) is 152 Å². The predicted octanol–water partition coefficient (Wildman–Crippen LogP) is 31.4. The maximum absolute atomic E-state index is 2.74. The van der Waals surface area contributed by atoms with E-state index in [-0.39, 0.29) is 0 Å². The lowest BCUT2D eigenvalue weighted by Crippen LogP contribution is -2.17. The van der Waals surface area contributed by atoms with E-state index >= 15 is 0 Å². The number of nitrogens with zero attached hydrogens (tertiary/aromatic N) is 1. The van der Waals surface area contributed by atoms with Crippen molar-refractivity contribution in [3.63, 3.8) is 0 Å². The molecule has 0 atom stereocenters. The Kier molecular flexibility index (Phi) is 16.2. The minimum Gasteiger partial charge on any atom is -0.308 e. The Morgan fingerprint density at radius 2 is 0.575 bits per heavy atom. The summed E-state index contributed by atoms with van der Waals surface area (Å²) in [4.78, 5) is 2.74. The molecule has 2 aromatic heterocycles. The lowest BCUT2D eigenvalue weighted by atomic mass is 9.74. The average molecular weight is 1470 g/mol. The van der Waals surface area contributed by atoms with Crippen LogP contribution in [0.1, 0.15) is 22.3 Å². The zero-order valence-electron chi connectivity index (χ0n) is 61.9. The Labute approximate surface area is 666 Å². The van der Waals surface area contributed by atoms with Crippen LogP contribution in [-0.2, 0) is 12.8 Å². The summed E-state index contributed by atoms with van der Waals surface area (Å²) in [5.41, 5.74) is 39.2. The third-order valence-electron chi connectivity index (χ3n) is 23.6. The third-order valence-corrected chi connectivity index (χ3v) is 25.9. The van der Waals surface area contributed by atoms with Crippen LogP contribution < -0.4 is 4.90 Å². The molecule has 113 heavy (non-hydrogen) atoms. The first-order chi connectivity index (χ1) is 56.1. The first-order valence-electron chi connectivity index (χ1n) is 39.1. The number of benzene rings is 18. The van der Waals surface area contributed by atoms with Crippen molar-refractivity contribution in [2.24, 2.45) is 0 Å². The van der Waals surface area contributed by atoms with Gasteiger partial charge in [0.15, 0.2) is 0 Å². The molecule has 0 spiro atoms. The van der Waals surface area contributed by atoms with Crippen LogP contribution in [0, 0.1) is 0 Å². The van der Waals surface area contributed by atoms with Crippen molar-refractivity contribution in [2.75, 3.05) is 4.90 Å². The van der Waals surface area contributed by atoms with Gasteiger partial charge >= 0.3 is 0 Å². The van der Waals surface area contributed by atoms with Crippen molar-refractivity contribution in [1.82, 2.24) is 0 Å². The summed E-state index contributed by atoms with van der Waals surface area (Å²) in [6.07, 6.45) is 1.34. The summed E-state index contributed by atoms with van der Waals surface area (Å²) in [6.45, 7) is 0. The third kappa shape index (κ3) is 10.9. The number of thiophene rings is 2. The van der Waals surface area contributed by atoms with Crippen molar-refractivity contribution in [3.05, 3.63) is 429 Å². The van der Waals surface area contributed by atoms with Gasteiger partial charge in [0.2, 0.25) is 0 Å². The maximum Gasteiger partial charge on any atom is 0.0588 e. The van der Waals surface area contributed by atoms with Crippen LogP contribution in [0.2, 0.25) is 0 Å². The van der Waals surface area contributed by atoms with Gasteiger partial charge in [-0.25, -0.2) is 0 Å². The Morgan fingerprint density at radius 3 is 1.16 bits per heavy atom. The highest BCUT2D eigenvalue weighted by Crippen LogP contribution is 2.66. The largest absolute Gasteiger partial charge is 0.308 e. The van der Waals surface area contributed by atoms with Gasteiger partial charge in [0, 0.05) is 69.0 Å². The molecule has 0 aliphatic heterocycles. The topological polar surface area (TPSA) is 3.24 Å². The molecule has 0 unspecified atom stereocenters. The molecule has 20 aromatic rings. The average Bonchev–Trinajstić information content (AvgIpc) is 1.54. The van der Waals surface area contributed by atoms with Crippen molar-refractivity contribution in [3.8, 4) is 145 Å². The number of anilines is 3. The molecule has 0 radical (unpaired) electrons. The molecule has 0 fully saturated rings. The van der Waals surface area contributed by atoms with Crippen LogP contribution >= 0.6 is 22.7 Å². The van der Waals surface area contributed by atoms with Crippen LogP contribution in [-0.4, -0.2) is 0 Å². The maximum atomic E-state index is 2.74. The number of fused-ring (bicyclic) bond motifs is 12. The molecule has 0 saturated carbocycles. The molecule has 0 saturated heterocycles. The summed E-state index contributed by atoms with van der Waals surface area (Å²) in [7, 11) is 0. The normalized spacial score (nSPS) is 12.0. The molecule has 18 aromatic carbocycles. The van der Waals surface area contributed by atoms with Crippen LogP contribution in [0.25, 0.3) is 185 Å². The fraction of sp³-hybridized carbons (Fsp3) is 0.0182. The Hall–Kier alpha value is -13.8. The molecule has 0 bridgehead atoms. The Morgan fingerprint density at radius 1 is 0.186 bits per heavy atom. The minimum absolute atomic E-state index is 0.600. The Bertz CT molecular complexity index is 7140. The van der Waals surface area contributed by atoms with Gasteiger partial charge in [-0.2, -0.15) is 0 Å². The first kappa shape index (κ1) is 66.2. The summed E-state index contributed by atoms with van der Waals surface area (Å²) < 4.78 is 5.09. The van der Waals surface area contributed by atoms with E-state index in [1.807, 2.05) is 22.7 Å². The Balaban J connectivity index is 0.992. The summed E-state index contributed by atoms with van der Waals surface area (Å²) >= 11 is 3.75. The molecule has 22 rings (SSSR count). The van der Waals surface area contributed by atoms with Gasteiger partial charge in [-0.1, -0.05) is 364 Å². The second kappa shape index (κ2) is 27.6. The zero-order valence-corrected chi connectivity index (χ0v) is 63.5. The summed E-state index contributed by atoms with van der Waals surface area (Å²) in [5.74, 6) is 0. The molecular formula is C110H71NS2. The molecule has 0 amide bonds. The molecule has 528 valence electrons. The molecular weight excluding hydrogens is 1400 g/mol. The van der Waals surface area contributed by atoms with E-state index in [0.29, 0.717) is 6.42 Å². The van der Waals surface area contributed by atoms with Gasteiger partial charge in [-0.3, -0.25) is 0 Å². The quantitative estimate of drug-likeness (QED) is 0.105. The van der Waals surface area contributed by atoms with Gasteiger partial charge < -0.3 is 4.90 Å². The molecule has 1 nitrogen and oxygen atoms in total. The van der Waals surface area contributed by atoms with Crippen LogP contribution in [0.3, 0.4) is 0 Å². The molecule has 0 N–H and O–H groups in total. The first-order valence-corrected chi connectivity index (χ1v) is 40.8. The highest BCUT2D eigenvalue weighted by atomic mass is 32.1. The lowest BCUT2D eigenvalue weighted by molar-refractivity contribution is 1.20. The van der Waals surface area contributed by atoms with Gasteiger partial charge in [0.1, 0.15) is 0 Å². The smallest absolute Gasteiger partial charge is 0.0588 e. The second-order valence-corrected chi connectivity index (χ2v) is 31.9. The fourth-order valence-corrected chi connectivity index (χ4v) is 21.2. The fourth-order valence-electron chi connectivity index (χ4n) is 18.9. The van der Waals surface area contributed by atoms with Crippen LogP contribution in [0.15, 0.2) is 406 Å². The van der Waals surface area contributed by atoms with Crippen LogP contribution in [0.4, 0.5) is 17.1 Å². The van der Waals surface area contributed by atoms with E-state index in [9.17, 15) is 0 Å². The SMILES string of the molecule is c1ccc(-c2ccccc2-c2c(-c3ccccc3-c3cccc4sc5ccccc5c34)ccc3c2-c2c(c(N(c4ccccc4-c4ccccc4)c4ccccc4-c4cccc5sc6ccccc6c45)c(-c4ccccc4)c(-c4ccccc4)c2-c2c4c(cc(-c5ccccc5)c2-c2ccccc2)-c2ccccc2C4)C3)cc1. The number of hydrogen-bond acceptors (Lipinski definition) is 3. The zero-order chi connectivity index (χ0) is 74.5. The lowest BCUT2D eigenvalue weighted by Gasteiger charge is -2.36. The van der Waals surface area contributed by atoms with Crippen molar-refractivity contribution < 1.29 is 0 Å². The highest BCUT2D eigenvalue weighted by Gasteiger charge is 2.41. The van der Waals surface area contributed by atoms with E-state index < -0.39 is 0 Å². The van der Waals surface area contributed by atoms with Crippen molar-refractivity contribution >= 4 is 80.1 Å². The predicted molar refractivity (Wildman–Crippen MR) is 483 cm³/mol. The summed E-state index contributed by atoms with van der Waals surface area (Å²) in [6, 6.07) is 154. The standard InChI is InChI=1S/C110H71NS2/c1-7-35-70(36-8-1)78-48-21-24-54-84(78)106-87(82-52-23-22-51-81(82)85-57-33-63-98-104(85)88-55-27-31-61-96(88)112-98)66-65-77-68-93-108(102(77)106)109(107-92-67-76-47-19-20-49-79(76)91(92)69-90(72-39-11-3-12-40-72)100(107)73-41-13-4-14-42-73)101(74-43-15-5-16-44-74)103(75-45-17-6-18-46-75)110(93)111(94-59-29-25-50-80(94)71-37-9-2-10-38-71)95-60-30-26-53-83(95)86-58-34-64-99-105(86)89-56-28-32-62-97(89)113-99/h1-66,69H,67-68H2. The van der Waals surface area contributed by atoms with E-state index in [0.717, 1.165) is 79.1 Å². The number of para-hydroxylation sites is 2. The summed E-state index contributed by atoms with van der Waals surface area (Å²) in [5, 5.41) is 5.08. The van der Waals surface area contributed by atoms with E-state index in [1.54, 1.807) is 0 Å². The highest BCUT2D eigenvalue weighted by molar-refractivity contribution is 7.26. The monoisotopic (exact) mass is 1470 g/mol.